The number of ether oxygens (including phenoxy) is 2. The van der Waals surface area contributed by atoms with Crippen molar-refractivity contribution in [2.45, 2.75) is 37.5 Å². The van der Waals surface area contributed by atoms with Gasteiger partial charge in [0.25, 0.3) is 26.1 Å². The minimum Gasteiger partial charge on any atom is -0.871 e. The number of amides is 1. The number of carbonyl (C=O) groups excluding carboxylic acids is 1. The molecule has 1 amide bonds. The number of halogens is 2. The molecule has 0 aliphatic rings. The van der Waals surface area contributed by atoms with E-state index in [4.69, 9.17) is 32.7 Å². The fourth-order valence-corrected chi connectivity index (χ4v) is 9.50. The van der Waals surface area contributed by atoms with E-state index in [9.17, 15) is 46.1 Å². The van der Waals surface area contributed by atoms with Crippen LogP contribution in [0.25, 0.3) is 21.5 Å². The first kappa shape index (κ1) is 57.6. The molecule has 0 unspecified atom stereocenters. The second kappa shape index (κ2) is 24.7. The third-order valence-corrected chi connectivity index (χ3v) is 13.3. The maximum Gasteiger partial charge on any atom is 2.00 e. The van der Waals surface area contributed by atoms with Crippen LogP contribution in [0.4, 0.5) is 34.1 Å². The molecule has 0 fully saturated rings. The smallest absolute Gasteiger partial charge is 0.871 e. The minimum atomic E-state index is -4.57. The van der Waals surface area contributed by atoms with Gasteiger partial charge in [0.2, 0.25) is 0 Å². The van der Waals surface area contributed by atoms with Crippen LogP contribution in [0.3, 0.4) is 0 Å². The van der Waals surface area contributed by atoms with E-state index in [-0.39, 0.29) is 92.8 Å². The number of nitrogens with one attached hydrogen (secondary N) is 1. The molecular weight excluding hydrogens is 1080 g/mol. The molecule has 0 spiro atoms. The molecule has 18 nitrogen and oxygen atoms in total. The molecule has 75 heavy (non-hydrogen) atoms. The Bertz CT molecular complexity index is 3830. The van der Waals surface area contributed by atoms with E-state index >= 15 is 0 Å². The van der Waals surface area contributed by atoms with Crippen LogP contribution in [0.5, 0.6) is 23.0 Å². The van der Waals surface area contributed by atoms with Crippen molar-refractivity contribution in [3.05, 3.63) is 166 Å². The number of aliphatic imine (C=N–C) groups is 1. The predicted molar refractivity (Wildman–Crippen MR) is 284 cm³/mol. The van der Waals surface area contributed by atoms with Gasteiger partial charge in [0.15, 0.2) is 5.75 Å². The summed E-state index contributed by atoms with van der Waals surface area (Å²) in [6.45, 7) is 7.44. The summed E-state index contributed by atoms with van der Waals surface area (Å²) in [6, 6.07) is 35.1. The largest absolute Gasteiger partial charge is 2.00 e. The number of nitrogens with zero attached hydrogens (tertiary/aromatic N) is 5. The summed E-state index contributed by atoms with van der Waals surface area (Å²) in [5.74, 6) is -1.36. The fraction of sp³-hybridized carbons (Fsp3) is 0.115. The number of hydrogen-bond acceptors (Lipinski definition) is 15. The van der Waals surface area contributed by atoms with E-state index in [2.05, 4.69) is 30.8 Å². The molecule has 0 aromatic heterocycles. The third kappa shape index (κ3) is 14.0. The van der Waals surface area contributed by atoms with Gasteiger partial charge in [-0.2, -0.15) is 32.2 Å². The molecular formula is C52H42CaCl2N6O12S2. The second-order valence-electron chi connectivity index (χ2n) is 15.9. The predicted octanol–water partition coefficient (Wildman–Crippen LogP) is 11.8. The van der Waals surface area contributed by atoms with Gasteiger partial charge in [-0.05, 0) is 122 Å². The van der Waals surface area contributed by atoms with E-state index in [1.54, 1.807) is 97.1 Å². The first-order valence-corrected chi connectivity index (χ1v) is 25.7. The summed E-state index contributed by atoms with van der Waals surface area (Å²) in [6.07, 6.45) is 0. The second-order valence-corrected chi connectivity index (χ2v) is 19.5. The van der Waals surface area contributed by atoms with Crippen molar-refractivity contribution in [3.8, 4) is 23.0 Å². The number of phenolic OH excluding ortho intramolecular Hbond substituents is 1. The summed E-state index contributed by atoms with van der Waals surface area (Å²) in [5.41, 5.74) is 0.687. The van der Waals surface area contributed by atoms with Crippen LogP contribution in [0.2, 0.25) is 10.0 Å². The number of fused-ring (bicyclic) bond motifs is 2. The Kier molecular flexibility index (Phi) is 19.0. The van der Waals surface area contributed by atoms with Crippen molar-refractivity contribution in [1.82, 2.24) is 0 Å². The maximum atomic E-state index is 13.4. The van der Waals surface area contributed by atoms with Gasteiger partial charge in [0, 0.05) is 38.6 Å². The van der Waals surface area contributed by atoms with Crippen LogP contribution < -0.4 is 25.0 Å². The van der Waals surface area contributed by atoms with Crippen LogP contribution in [-0.4, -0.2) is 93.8 Å². The Hall–Kier alpha value is -6.72. The molecule has 0 saturated carbocycles. The van der Waals surface area contributed by atoms with Crippen molar-refractivity contribution in [2.24, 2.45) is 25.4 Å². The van der Waals surface area contributed by atoms with Crippen LogP contribution >= 0.6 is 23.2 Å². The van der Waals surface area contributed by atoms with E-state index in [1.807, 2.05) is 13.8 Å². The number of azo groups is 2. The topological polar surface area (TPSA) is 284 Å². The number of aromatic hydroxyl groups is 1. The van der Waals surface area contributed by atoms with Crippen molar-refractivity contribution >= 4 is 149 Å². The average molecular weight is 1120 g/mol. The Balaban J connectivity index is 0.000000241. The molecule has 4 N–H and O–H groups in total. The van der Waals surface area contributed by atoms with E-state index in [0.29, 0.717) is 57.6 Å². The molecule has 8 rings (SSSR count). The van der Waals surface area contributed by atoms with Gasteiger partial charge in [0.05, 0.1) is 41.5 Å². The SMILES string of the molecule is CCOc1cccc(N=C([O-])c2cc3ccccc3c(N=Nc3cc(Cl)cc(S(=O)(=O)O)c3C)c2[O-])c1.CCOc1cccc(NC(=O)c2cc3ccccc3c(N=Nc3cc(Cl)cc(S(=O)(=O)O)c3C)c2O)c1.[Ca+2]. The zero-order valence-electron chi connectivity index (χ0n) is 40.1. The summed E-state index contributed by atoms with van der Waals surface area (Å²) in [7, 11) is -9.13. The van der Waals surface area contributed by atoms with Gasteiger partial charge in [-0.25, -0.2) is 0 Å². The monoisotopic (exact) mass is 1120 g/mol. The van der Waals surface area contributed by atoms with Crippen LogP contribution in [0.1, 0.15) is 40.9 Å². The molecule has 0 saturated heterocycles. The van der Waals surface area contributed by atoms with Crippen molar-refractivity contribution in [3.63, 3.8) is 0 Å². The normalized spacial score (nSPS) is 11.9. The Morgan fingerprint density at radius 1 is 0.627 bits per heavy atom. The first-order valence-electron chi connectivity index (χ1n) is 22.1. The number of carbonyl (C=O) groups is 1. The van der Waals surface area contributed by atoms with E-state index in [1.165, 1.54) is 38.1 Å². The molecule has 0 heterocycles. The Morgan fingerprint density at radius 2 is 1.11 bits per heavy atom. The molecule has 8 aromatic carbocycles. The standard InChI is InChI=1S/2C26H22ClN3O6S.Ca/c2*1-3-36-19-9-6-8-18(14-19)28-26(32)21-11-16-7-4-5-10-20(16)24(25(21)31)30-29-22-12-17(27)13-23(15(22)2)37(33,34)35;/h2*4-14,31H,3H2,1-2H3,(H,28,32)(H,33,34,35);/q;;+2/p-2. The maximum absolute atomic E-state index is 13.4. The van der Waals surface area contributed by atoms with Crippen molar-refractivity contribution in [1.29, 1.82) is 0 Å². The molecule has 0 radical (unpaired) electrons. The molecule has 0 atom stereocenters. The zero-order valence-corrected chi connectivity index (χ0v) is 45.5. The zero-order chi connectivity index (χ0) is 53.5. The summed E-state index contributed by atoms with van der Waals surface area (Å²) in [5, 5.41) is 58.7. The molecule has 0 aliphatic carbocycles. The molecule has 0 bridgehead atoms. The number of phenols is 1. The third-order valence-electron chi connectivity index (χ3n) is 10.9. The number of anilines is 1. The molecule has 380 valence electrons. The van der Waals surface area contributed by atoms with Crippen molar-refractivity contribution in [2.75, 3.05) is 18.5 Å². The molecule has 8 aromatic rings. The quantitative estimate of drug-likeness (QED) is 0.0260. The van der Waals surface area contributed by atoms with Gasteiger partial charge in [0.1, 0.15) is 27.0 Å². The minimum absolute atomic E-state index is 0. The van der Waals surface area contributed by atoms with Crippen LogP contribution in [0, 0.1) is 13.8 Å². The summed E-state index contributed by atoms with van der Waals surface area (Å²) >= 11 is 12.0. The van der Waals surface area contributed by atoms with Gasteiger partial charge in [-0.1, -0.05) is 89.6 Å². The Morgan fingerprint density at radius 3 is 1.64 bits per heavy atom. The fourth-order valence-electron chi connectivity index (χ4n) is 7.41. The summed E-state index contributed by atoms with van der Waals surface area (Å²) < 4.78 is 76.7. The first-order chi connectivity index (χ1) is 35.2. The number of rotatable bonds is 14. The van der Waals surface area contributed by atoms with E-state index < -0.39 is 53.3 Å². The molecule has 0 aliphatic heterocycles. The van der Waals surface area contributed by atoms with Crippen LogP contribution in [0.15, 0.2) is 169 Å². The van der Waals surface area contributed by atoms with E-state index in [0.717, 1.165) is 12.1 Å². The van der Waals surface area contributed by atoms with Gasteiger partial charge >= 0.3 is 37.7 Å². The van der Waals surface area contributed by atoms with Gasteiger partial charge in [-0.15, -0.1) is 5.11 Å². The Labute approximate surface area is 470 Å². The summed E-state index contributed by atoms with van der Waals surface area (Å²) in [4.78, 5) is 16.3. The van der Waals surface area contributed by atoms with Gasteiger partial charge < -0.3 is 30.1 Å². The number of benzene rings is 8. The van der Waals surface area contributed by atoms with Gasteiger partial charge in [-0.3, -0.25) is 18.9 Å². The van der Waals surface area contributed by atoms with Crippen LogP contribution in [-0.2, 0) is 20.2 Å². The average Bonchev–Trinajstić information content (AvgIpc) is 3.34. The molecule has 23 heteroatoms. The van der Waals surface area contributed by atoms with Crippen molar-refractivity contribution < 1.29 is 55.5 Å². The number of hydrogen-bond donors (Lipinski definition) is 4.